The Morgan fingerprint density at radius 3 is 2.33 bits per heavy atom. The SMILES string of the molecule is Cc1nn(C)cc1CCC(=O)N(C)CCN(C)c1ccc(S(N)(=O)=O)cc1. The lowest BCUT2D eigenvalue weighted by Gasteiger charge is -2.24. The molecule has 0 aliphatic carbocycles. The molecule has 0 bridgehead atoms. The van der Waals surface area contributed by atoms with E-state index in [0.717, 1.165) is 16.9 Å². The van der Waals surface area contributed by atoms with Gasteiger partial charge in [-0.15, -0.1) is 0 Å². The van der Waals surface area contributed by atoms with Crippen molar-refractivity contribution < 1.29 is 13.2 Å². The highest BCUT2D eigenvalue weighted by Crippen LogP contribution is 2.16. The highest BCUT2D eigenvalue weighted by atomic mass is 32.2. The normalized spacial score (nSPS) is 11.4. The molecule has 2 rings (SSSR count). The summed E-state index contributed by atoms with van der Waals surface area (Å²) in [4.78, 5) is 16.1. The predicted molar refractivity (Wildman–Crippen MR) is 105 cm³/mol. The average molecular weight is 394 g/mol. The molecule has 8 nitrogen and oxygen atoms in total. The number of aromatic nitrogens is 2. The summed E-state index contributed by atoms with van der Waals surface area (Å²) >= 11 is 0. The molecule has 1 amide bonds. The van der Waals surface area contributed by atoms with Crippen LogP contribution in [0.1, 0.15) is 17.7 Å². The standard InChI is InChI=1S/C18H27N5O3S/c1-14-15(13-23(4)20-14)5-10-18(24)22(3)12-11-21(2)16-6-8-17(9-7-16)27(19,25)26/h6-9,13H,5,10-12H2,1-4H3,(H2,19,25,26). The number of nitrogens with zero attached hydrogens (tertiary/aromatic N) is 4. The van der Waals surface area contributed by atoms with Crippen molar-refractivity contribution in [1.29, 1.82) is 0 Å². The third-order valence-corrected chi connectivity index (χ3v) is 5.46. The van der Waals surface area contributed by atoms with Crippen LogP contribution in [0.5, 0.6) is 0 Å². The zero-order valence-corrected chi connectivity index (χ0v) is 17.0. The molecule has 1 aromatic carbocycles. The van der Waals surface area contributed by atoms with E-state index in [1.165, 1.54) is 12.1 Å². The summed E-state index contributed by atoms with van der Waals surface area (Å²) in [5.74, 6) is 0.0798. The van der Waals surface area contributed by atoms with Crippen molar-refractivity contribution in [3.8, 4) is 0 Å². The molecule has 0 aliphatic rings. The Balaban J connectivity index is 1.84. The van der Waals surface area contributed by atoms with Gasteiger partial charge in [0.2, 0.25) is 15.9 Å². The number of hydrogen-bond acceptors (Lipinski definition) is 5. The van der Waals surface area contributed by atoms with Gasteiger partial charge in [-0.25, -0.2) is 13.6 Å². The van der Waals surface area contributed by atoms with Gasteiger partial charge in [-0.1, -0.05) is 0 Å². The van der Waals surface area contributed by atoms with Crippen LogP contribution in [0.4, 0.5) is 5.69 Å². The molecule has 1 heterocycles. The van der Waals surface area contributed by atoms with Crippen molar-refractivity contribution >= 4 is 21.6 Å². The molecule has 9 heteroatoms. The second-order valence-corrected chi connectivity index (χ2v) is 8.25. The molecular weight excluding hydrogens is 366 g/mol. The summed E-state index contributed by atoms with van der Waals surface area (Å²) < 4.78 is 24.4. The number of benzene rings is 1. The molecule has 0 radical (unpaired) electrons. The van der Waals surface area contributed by atoms with E-state index >= 15 is 0 Å². The van der Waals surface area contributed by atoms with Crippen molar-refractivity contribution in [3.63, 3.8) is 0 Å². The van der Waals surface area contributed by atoms with Gasteiger partial charge in [-0.2, -0.15) is 5.10 Å². The molecular formula is C18H27N5O3S. The van der Waals surface area contributed by atoms with Crippen molar-refractivity contribution in [3.05, 3.63) is 41.7 Å². The van der Waals surface area contributed by atoms with Crippen LogP contribution in [-0.4, -0.2) is 56.2 Å². The van der Waals surface area contributed by atoms with Gasteiger partial charge in [-0.05, 0) is 43.2 Å². The van der Waals surface area contributed by atoms with Crippen LogP contribution in [0.2, 0.25) is 0 Å². The van der Waals surface area contributed by atoms with Crippen LogP contribution in [0, 0.1) is 6.92 Å². The molecule has 0 saturated carbocycles. The number of aryl methyl sites for hydroxylation is 3. The number of hydrogen-bond donors (Lipinski definition) is 1. The second-order valence-electron chi connectivity index (χ2n) is 6.69. The Morgan fingerprint density at radius 2 is 1.81 bits per heavy atom. The number of primary sulfonamides is 1. The maximum atomic E-state index is 12.3. The summed E-state index contributed by atoms with van der Waals surface area (Å²) in [5.41, 5.74) is 2.90. The average Bonchev–Trinajstić information content (AvgIpc) is 2.93. The van der Waals surface area contributed by atoms with Crippen LogP contribution >= 0.6 is 0 Å². The molecule has 0 aliphatic heterocycles. The van der Waals surface area contributed by atoms with Gasteiger partial charge in [0.15, 0.2) is 0 Å². The third kappa shape index (κ3) is 5.80. The molecule has 1 aromatic heterocycles. The first-order chi connectivity index (χ1) is 12.6. The van der Waals surface area contributed by atoms with Gasteiger partial charge in [-0.3, -0.25) is 9.48 Å². The molecule has 2 aromatic rings. The van der Waals surface area contributed by atoms with E-state index in [9.17, 15) is 13.2 Å². The van der Waals surface area contributed by atoms with Crippen molar-refractivity contribution in [2.75, 3.05) is 32.1 Å². The van der Waals surface area contributed by atoms with Gasteiger partial charge in [0.25, 0.3) is 0 Å². The Morgan fingerprint density at radius 1 is 1.19 bits per heavy atom. The van der Waals surface area contributed by atoms with Crippen molar-refractivity contribution in [2.45, 2.75) is 24.7 Å². The first-order valence-corrected chi connectivity index (χ1v) is 10.2. The third-order valence-electron chi connectivity index (χ3n) is 4.53. The summed E-state index contributed by atoms with van der Waals surface area (Å²) in [5, 5.41) is 9.39. The predicted octanol–water partition coefficient (Wildman–Crippen LogP) is 0.903. The highest BCUT2D eigenvalue weighted by molar-refractivity contribution is 7.89. The van der Waals surface area contributed by atoms with E-state index in [1.54, 1.807) is 28.8 Å². The molecule has 0 saturated heterocycles. The fraction of sp³-hybridized carbons (Fsp3) is 0.444. The minimum absolute atomic E-state index is 0.0798. The van der Waals surface area contributed by atoms with Gasteiger partial charge in [0, 0.05) is 52.5 Å². The summed E-state index contributed by atoms with van der Waals surface area (Å²) in [6.45, 7) is 3.14. The zero-order valence-electron chi connectivity index (χ0n) is 16.2. The summed E-state index contributed by atoms with van der Waals surface area (Å²) in [7, 11) is 1.86. The topological polar surface area (TPSA) is 102 Å². The molecule has 2 N–H and O–H groups in total. The Hall–Kier alpha value is -2.39. The summed E-state index contributed by atoms with van der Waals surface area (Å²) in [6, 6.07) is 6.36. The number of amides is 1. The maximum Gasteiger partial charge on any atom is 0.238 e. The minimum atomic E-state index is -3.69. The van der Waals surface area contributed by atoms with Crippen molar-refractivity contribution in [2.24, 2.45) is 12.2 Å². The molecule has 0 spiro atoms. The number of carbonyl (C=O) groups excluding carboxylic acids is 1. The number of nitrogens with two attached hydrogens (primary N) is 1. The number of sulfonamides is 1. The number of likely N-dealkylation sites (N-methyl/N-ethyl adjacent to an activating group) is 2. The number of anilines is 1. The largest absolute Gasteiger partial charge is 0.373 e. The zero-order chi connectivity index (χ0) is 20.2. The molecule has 148 valence electrons. The molecule has 0 fully saturated rings. The van der Waals surface area contributed by atoms with E-state index in [4.69, 9.17) is 5.14 Å². The lowest BCUT2D eigenvalue weighted by molar-refractivity contribution is -0.129. The van der Waals surface area contributed by atoms with E-state index in [1.807, 2.05) is 32.1 Å². The van der Waals surface area contributed by atoms with Crippen LogP contribution in [0.15, 0.2) is 35.4 Å². The Bertz CT molecular complexity index is 890. The van der Waals surface area contributed by atoms with Gasteiger partial charge in [0.05, 0.1) is 10.6 Å². The Kier molecular flexibility index (Phi) is 6.61. The van der Waals surface area contributed by atoms with E-state index in [2.05, 4.69) is 5.10 Å². The maximum absolute atomic E-state index is 12.3. The van der Waals surface area contributed by atoms with E-state index in [0.29, 0.717) is 25.9 Å². The second kappa shape index (κ2) is 8.53. The molecule has 27 heavy (non-hydrogen) atoms. The van der Waals surface area contributed by atoms with E-state index < -0.39 is 10.0 Å². The minimum Gasteiger partial charge on any atom is -0.373 e. The summed E-state index contributed by atoms with van der Waals surface area (Å²) in [6.07, 6.45) is 3.06. The number of carbonyl (C=O) groups is 1. The van der Waals surface area contributed by atoms with Crippen LogP contribution in [-0.2, 0) is 28.3 Å². The lowest BCUT2D eigenvalue weighted by Crippen LogP contribution is -2.35. The van der Waals surface area contributed by atoms with Gasteiger partial charge in [0.1, 0.15) is 0 Å². The van der Waals surface area contributed by atoms with Gasteiger partial charge >= 0.3 is 0 Å². The first kappa shape index (κ1) is 20.9. The smallest absolute Gasteiger partial charge is 0.238 e. The molecule has 0 atom stereocenters. The number of rotatable bonds is 8. The van der Waals surface area contributed by atoms with Crippen molar-refractivity contribution in [1.82, 2.24) is 14.7 Å². The van der Waals surface area contributed by atoms with E-state index in [-0.39, 0.29) is 10.8 Å². The lowest BCUT2D eigenvalue weighted by atomic mass is 10.1. The van der Waals surface area contributed by atoms with Crippen LogP contribution < -0.4 is 10.0 Å². The Labute approximate surface area is 160 Å². The fourth-order valence-electron chi connectivity index (χ4n) is 2.77. The van der Waals surface area contributed by atoms with Gasteiger partial charge < -0.3 is 9.80 Å². The van der Waals surface area contributed by atoms with Crippen LogP contribution in [0.25, 0.3) is 0 Å². The highest BCUT2D eigenvalue weighted by Gasteiger charge is 2.13. The quantitative estimate of drug-likeness (QED) is 0.718. The molecule has 0 unspecified atom stereocenters. The fourth-order valence-corrected chi connectivity index (χ4v) is 3.29. The monoisotopic (exact) mass is 393 g/mol. The first-order valence-electron chi connectivity index (χ1n) is 8.65. The van der Waals surface area contributed by atoms with Crippen LogP contribution in [0.3, 0.4) is 0 Å².